The van der Waals surface area contributed by atoms with E-state index in [4.69, 9.17) is 4.74 Å². The second-order valence-corrected chi connectivity index (χ2v) is 11.5. The van der Waals surface area contributed by atoms with Crippen molar-refractivity contribution in [1.29, 1.82) is 0 Å². The van der Waals surface area contributed by atoms with E-state index in [9.17, 15) is 13.5 Å². The van der Waals surface area contributed by atoms with Crippen LogP contribution in [0, 0.1) is 11.2 Å². The zero-order valence-electron chi connectivity index (χ0n) is 19.8. The molecule has 0 saturated heterocycles. The fourth-order valence-electron chi connectivity index (χ4n) is 4.79. The molecular formula is C28H27FN2O4S. The van der Waals surface area contributed by atoms with Crippen molar-refractivity contribution in [1.82, 2.24) is 0 Å². The van der Waals surface area contributed by atoms with Gasteiger partial charge in [0.25, 0.3) is 0 Å². The second kappa shape index (κ2) is 9.02. The molecular weight excluding hydrogens is 479 g/mol. The number of para-hydroxylation sites is 1. The van der Waals surface area contributed by atoms with E-state index in [1.54, 1.807) is 30.3 Å². The van der Waals surface area contributed by atoms with Gasteiger partial charge in [-0.25, -0.2) is 12.8 Å². The molecule has 2 atom stereocenters. The molecule has 0 saturated carbocycles. The highest BCUT2D eigenvalue weighted by Crippen LogP contribution is 2.49. The second-order valence-electron chi connectivity index (χ2n) is 9.50. The van der Waals surface area contributed by atoms with Crippen LogP contribution in [0.15, 0.2) is 90.0 Å². The highest BCUT2D eigenvalue weighted by molar-refractivity contribution is 7.95. The van der Waals surface area contributed by atoms with Crippen LogP contribution in [0.4, 0.5) is 15.8 Å². The quantitative estimate of drug-likeness (QED) is 0.295. The Hall–Kier alpha value is -3.78. The molecule has 0 spiro atoms. The number of aromatic hydroxyl groups is 1. The Balaban J connectivity index is 1.57. The maximum atomic E-state index is 15.6. The number of hydrogen-bond acceptors (Lipinski definition) is 6. The third-order valence-electron chi connectivity index (χ3n) is 6.64. The molecule has 6 nitrogen and oxygen atoms in total. The topological polar surface area (TPSA) is 87.7 Å². The van der Waals surface area contributed by atoms with Crippen molar-refractivity contribution in [2.75, 3.05) is 16.4 Å². The lowest BCUT2D eigenvalue weighted by atomic mass is 9.86. The first-order chi connectivity index (χ1) is 17.2. The molecule has 36 heavy (non-hydrogen) atoms. The van der Waals surface area contributed by atoms with E-state index in [0.29, 0.717) is 29.2 Å². The van der Waals surface area contributed by atoms with Crippen LogP contribution >= 0.6 is 0 Å². The Kier molecular flexibility index (Phi) is 6.00. The smallest absolute Gasteiger partial charge is 0.179 e. The fraction of sp³-hybridized carbons (Fsp3) is 0.214. The van der Waals surface area contributed by atoms with Gasteiger partial charge in [-0.2, -0.15) is 0 Å². The number of halogens is 1. The first kappa shape index (κ1) is 23.9. The number of hydrogen-bond donors (Lipinski definition) is 3. The Morgan fingerprint density at radius 1 is 1.17 bits per heavy atom. The summed E-state index contributed by atoms with van der Waals surface area (Å²) in [6.07, 6.45) is 1.98. The minimum atomic E-state index is -3.82. The van der Waals surface area contributed by atoms with Crippen LogP contribution in [0.5, 0.6) is 11.5 Å². The number of phenolic OH excluding ortho intramolecular Hbond substituents is 1. The Morgan fingerprint density at radius 3 is 2.67 bits per heavy atom. The third kappa shape index (κ3) is 4.44. The number of phenols is 1. The maximum absolute atomic E-state index is 15.6. The highest BCUT2D eigenvalue weighted by Gasteiger charge is 2.44. The maximum Gasteiger partial charge on any atom is 0.179 e. The molecule has 0 aromatic heterocycles. The average Bonchev–Trinajstić information content (AvgIpc) is 3.01. The van der Waals surface area contributed by atoms with Crippen molar-refractivity contribution in [3.63, 3.8) is 0 Å². The Labute approximate surface area is 210 Å². The standard InChI is InChI=1S/C28H27FN2O4S/c1-3-28(2)15-23-27(36(33,34)17-28)25(30-22-10-7-11-24(32)26(22)31-23)20-13-12-19(14-21(20)29)35-16-18-8-5-4-6-9-18/h3-14,25,30-32H,1,15-17H2,2H3/t25-,28-/m1/s1. The van der Waals surface area contributed by atoms with Gasteiger partial charge in [0.1, 0.15) is 29.6 Å². The van der Waals surface area contributed by atoms with Gasteiger partial charge in [0.05, 0.1) is 22.4 Å². The van der Waals surface area contributed by atoms with Gasteiger partial charge in [0.2, 0.25) is 0 Å². The first-order valence-electron chi connectivity index (χ1n) is 11.6. The van der Waals surface area contributed by atoms with Crippen LogP contribution < -0.4 is 15.4 Å². The molecule has 0 radical (unpaired) electrons. The largest absolute Gasteiger partial charge is 0.506 e. The number of allylic oxidation sites excluding steroid dienone is 2. The normalized spacial score (nSPS) is 22.3. The van der Waals surface area contributed by atoms with E-state index in [0.717, 1.165) is 5.56 Å². The molecule has 5 rings (SSSR count). The monoisotopic (exact) mass is 506 g/mol. The lowest BCUT2D eigenvalue weighted by Crippen LogP contribution is -2.36. The summed E-state index contributed by atoms with van der Waals surface area (Å²) in [5.74, 6) is -0.448. The summed E-state index contributed by atoms with van der Waals surface area (Å²) in [4.78, 5) is 0.0641. The molecule has 2 aliphatic rings. The zero-order chi connectivity index (χ0) is 25.5. The van der Waals surface area contributed by atoms with Crippen molar-refractivity contribution in [2.45, 2.75) is 26.0 Å². The lowest BCUT2D eigenvalue weighted by molar-refractivity contribution is 0.304. The number of anilines is 2. The molecule has 0 aliphatic carbocycles. The number of benzene rings is 3. The Morgan fingerprint density at radius 2 is 1.94 bits per heavy atom. The van der Waals surface area contributed by atoms with E-state index in [2.05, 4.69) is 17.2 Å². The predicted molar refractivity (Wildman–Crippen MR) is 139 cm³/mol. The predicted octanol–water partition coefficient (Wildman–Crippen LogP) is 5.91. The molecule has 0 unspecified atom stereocenters. The van der Waals surface area contributed by atoms with Gasteiger partial charge in [-0.15, -0.1) is 6.58 Å². The first-order valence-corrected chi connectivity index (χ1v) is 13.3. The van der Waals surface area contributed by atoms with Crippen molar-refractivity contribution in [2.24, 2.45) is 5.41 Å². The van der Waals surface area contributed by atoms with Gasteiger partial charge in [-0.05, 0) is 36.2 Å². The molecule has 3 aromatic rings. The van der Waals surface area contributed by atoms with Crippen LogP contribution in [-0.4, -0.2) is 19.3 Å². The number of rotatable bonds is 5. The van der Waals surface area contributed by atoms with E-state index in [1.807, 2.05) is 37.3 Å². The third-order valence-corrected chi connectivity index (χ3v) is 8.83. The minimum Gasteiger partial charge on any atom is -0.506 e. The van der Waals surface area contributed by atoms with Gasteiger partial charge in [-0.1, -0.05) is 49.4 Å². The molecule has 0 bridgehead atoms. The molecule has 2 aliphatic heterocycles. The van der Waals surface area contributed by atoms with E-state index in [1.165, 1.54) is 12.1 Å². The molecule has 8 heteroatoms. The van der Waals surface area contributed by atoms with E-state index in [-0.39, 0.29) is 28.6 Å². The summed E-state index contributed by atoms with van der Waals surface area (Å²) >= 11 is 0. The van der Waals surface area contributed by atoms with Crippen LogP contribution in [-0.2, 0) is 16.4 Å². The number of sulfone groups is 1. The summed E-state index contributed by atoms with van der Waals surface area (Å²) in [6.45, 7) is 5.93. The van der Waals surface area contributed by atoms with Crippen molar-refractivity contribution in [3.05, 3.63) is 107 Å². The summed E-state index contributed by atoms with van der Waals surface area (Å²) in [6, 6.07) is 17.8. The van der Waals surface area contributed by atoms with Crippen LogP contribution in [0.25, 0.3) is 0 Å². The highest BCUT2D eigenvalue weighted by atomic mass is 32.2. The van der Waals surface area contributed by atoms with Crippen LogP contribution in [0.2, 0.25) is 0 Å². The van der Waals surface area contributed by atoms with Gasteiger partial charge >= 0.3 is 0 Å². The average molecular weight is 507 g/mol. The summed E-state index contributed by atoms with van der Waals surface area (Å²) in [5, 5.41) is 16.8. The van der Waals surface area contributed by atoms with E-state index >= 15 is 4.39 Å². The van der Waals surface area contributed by atoms with Crippen LogP contribution in [0.1, 0.15) is 30.5 Å². The van der Waals surface area contributed by atoms with E-state index < -0.39 is 27.1 Å². The number of nitrogens with one attached hydrogen (secondary N) is 2. The summed E-state index contributed by atoms with van der Waals surface area (Å²) in [5.41, 5.74) is 1.62. The van der Waals surface area contributed by atoms with Crippen LogP contribution in [0.3, 0.4) is 0 Å². The van der Waals surface area contributed by atoms with Gasteiger partial charge in [0, 0.05) is 22.7 Å². The Bertz CT molecular complexity index is 1470. The molecule has 3 N–H and O–H groups in total. The molecule has 0 amide bonds. The molecule has 186 valence electrons. The van der Waals surface area contributed by atoms with Gasteiger partial charge in [-0.3, -0.25) is 0 Å². The fourth-order valence-corrected chi connectivity index (χ4v) is 7.07. The SMILES string of the molecule is C=C[C@]1(C)CC2=C([C@@H](c3ccc(OCc4ccccc4)cc3F)Nc3cccc(O)c3N2)S(=O)(=O)C1. The molecule has 3 aromatic carbocycles. The molecule has 0 fully saturated rings. The van der Waals surface area contributed by atoms with Gasteiger partial charge < -0.3 is 20.5 Å². The van der Waals surface area contributed by atoms with Crippen molar-refractivity contribution in [3.8, 4) is 11.5 Å². The summed E-state index contributed by atoms with van der Waals surface area (Å²) in [7, 11) is -3.82. The van der Waals surface area contributed by atoms with Crippen molar-refractivity contribution >= 4 is 21.2 Å². The molecule has 2 heterocycles. The minimum absolute atomic E-state index is 0.0408. The van der Waals surface area contributed by atoms with Gasteiger partial charge in [0.15, 0.2) is 9.84 Å². The number of ether oxygens (including phenoxy) is 1. The summed E-state index contributed by atoms with van der Waals surface area (Å²) < 4.78 is 48.5. The van der Waals surface area contributed by atoms with Crippen molar-refractivity contribution < 1.29 is 22.7 Å². The number of fused-ring (bicyclic) bond motifs is 1. The lowest BCUT2D eigenvalue weighted by Gasteiger charge is -2.35. The zero-order valence-corrected chi connectivity index (χ0v) is 20.6.